The third-order valence-electron chi connectivity index (χ3n) is 4.69. The molecule has 28 heavy (non-hydrogen) atoms. The molecule has 1 aliphatic rings. The second-order valence-electron chi connectivity index (χ2n) is 6.63. The topological polar surface area (TPSA) is 29.0 Å². The minimum atomic E-state index is -4.32. The van der Waals surface area contributed by atoms with Gasteiger partial charge in [-0.15, -0.1) is 11.3 Å². The molecule has 1 aliphatic heterocycles. The van der Waals surface area contributed by atoms with Crippen LogP contribution in [-0.2, 0) is 25.7 Å². The zero-order valence-electron chi connectivity index (χ0n) is 15.2. The van der Waals surface area contributed by atoms with Crippen LogP contribution in [0, 0.1) is 0 Å². The average molecular weight is 422 g/mol. The quantitative estimate of drug-likeness (QED) is 0.411. The summed E-state index contributed by atoms with van der Waals surface area (Å²) in [7, 11) is 0. The molecule has 1 aromatic carbocycles. The number of benzene rings is 1. The highest BCUT2D eigenvalue weighted by Gasteiger charge is 2.30. The van der Waals surface area contributed by atoms with E-state index >= 15 is 0 Å². The van der Waals surface area contributed by atoms with Crippen molar-refractivity contribution in [2.45, 2.75) is 30.8 Å². The van der Waals surface area contributed by atoms with E-state index in [1.165, 1.54) is 12.1 Å². The van der Waals surface area contributed by atoms with Gasteiger partial charge in [-0.2, -0.15) is 13.2 Å². The molecule has 3 heterocycles. The maximum Gasteiger partial charge on any atom is 0.416 e. The molecule has 3 aromatic rings. The van der Waals surface area contributed by atoms with Crippen molar-refractivity contribution >= 4 is 23.1 Å². The fraction of sp³-hybridized carbons (Fsp3) is 0.300. The maximum atomic E-state index is 13.0. The monoisotopic (exact) mass is 421 g/mol. The van der Waals surface area contributed by atoms with Crippen molar-refractivity contribution in [1.29, 1.82) is 0 Å². The van der Waals surface area contributed by atoms with E-state index < -0.39 is 11.7 Å². The molecule has 2 aromatic heterocycles. The standard InChI is InChI=1S/C20H18F3N3S2/c1-27-19-24-10-14-11-26(8-7-17(14)25-19)12-16-5-6-18(28-16)13-3-2-4-15(9-13)20(21,22)23/h2-6,9-10H,7-8,11-12H2,1H3. The van der Waals surface area contributed by atoms with Gasteiger partial charge in [0.1, 0.15) is 0 Å². The first-order valence-corrected chi connectivity index (χ1v) is 10.8. The summed E-state index contributed by atoms with van der Waals surface area (Å²) in [6, 6.07) is 9.41. The molecular formula is C20H18F3N3S2. The Bertz CT molecular complexity index is 985. The minimum absolute atomic E-state index is 0.605. The predicted molar refractivity (Wildman–Crippen MR) is 106 cm³/mol. The Kier molecular flexibility index (Phi) is 5.44. The number of hydrogen-bond acceptors (Lipinski definition) is 5. The molecule has 4 rings (SSSR count). The number of nitrogens with zero attached hydrogens (tertiary/aromatic N) is 3. The zero-order valence-corrected chi connectivity index (χ0v) is 16.8. The van der Waals surface area contributed by atoms with Gasteiger partial charge in [-0.3, -0.25) is 4.90 Å². The van der Waals surface area contributed by atoms with Gasteiger partial charge in [0.15, 0.2) is 5.16 Å². The van der Waals surface area contributed by atoms with E-state index in [0.29, 0.717) is 5.56 Å². The molecular weight excluding hydrogens is 403 g/mol. The lowest BCUT2D eigenvalue weighted by molar-refractivity contribution is -0.137. The highest BCUT2D eigenvalue weighted by molar-refractivity contribution is 7.98. The fourth-order valence-corrected chi connectivity index (χ4v) is 4.68. The lowest BCUT2D eigenvalue weighted by Crippen LogP contribution is -2.30. The molecule has 0 amide bonds. The normalized spacial score (nSPS) is 14.9. The van der Waals surface area contributed by atoms with Crippen LogP contribution in [0.1, 0.15) is 21.7 Å². The van der Waals surface area contributed by atoms with E-state index in [1.807, 2.05) is 24.6 Å². The zero-order chi connectivity index (χ0) is 19.7. The third-order valence-corrected chi connectivity index (χ3v) is 6.37. The molecule has 0 saturated heterocycles. The Morgan fingerprint density at radius 2 is 2.07 bits per heavy atom. The second-order valence-corrected chi connectivity index (χ2v) is 8.58. The Hall–Kier alpha value is -1.90. The predicted octanol–water partition coefficient (Wildman–Crippen LogP) is 5.50. The van der Waals surface area contributed by atoms with Gasteiger partial charge in [-0.25, -0.2) is 9.97 Å². The number of hydrogen-bond donors (Lipinski definition) is 0. The number of aromatic nitrogens is 2. The summed E-state index contributed by atoms with van der Waals surface area (Å²) < 4.78 is 38.9. The van der Waals surface area contributed by atoms with Crippen LogP contribution in [0.4, 0.5) is 13.2 Å². The average Bonchev–Trinajstić information content (AvgIpc) is 3.15. The Balaban J connectivity index is 1.47. The molecule has 0 radical (unpaired) electrons. The van der Waals surface area contributed by atoms with Crippen molar-refractivity contribution in [3.63, 3.8) is 0 Å². The Labute approximate surface area is 169 Å². The van der Waals surface area contributed by atoms with Crippen molar-refractivity contribution in [1.82, 2.24) is 14.9 Å². The van der Waals surface area contributed by atoms with Crippen molar-refractivity contribution in [2.75, 3.05) is 12.8 Å². The van der Waals surface area contributed by atoms with Crippen LogP contribution >= 0.6 is 23.1 Å². The molecule has 3 nitrogen and oxygen atoms in total. The lowest BCUT2D eigenvalue weighted by atomic mass is 10.1. The van der Waals surface area contributed by atoms with Gasteiger partial charge in [0.25, 0.3) is 0 Å². The highest BCUT2D eigenvalue weighted by atomic mass is 32.2. The van der Waals surface area contributed by atoms with Gasteiger partial charge >= 0.3 is 6.18 Å². The van der Waals surface area contributed by atoms with Crippen LogP contribution in [0.5, 0.6) is 0 Å². The number of halogens is 3. The number of fused-ring (bicyclic) bond motifs is 1. The molecule has 0 saturated carbocycles. The van der Waals surface area contributed by atoms with Gasteiger partial charge in [0, 0.05) is 47.6 Å². The van der Waals surface area contributed by atoms with Gasteiger partial charge in [0.05, 0.1) is 11.3 Å². The van der Waals surface area contributed by atoms with Crippen LogP contribution in [0.25, 0.3) is 10.4 Å². The third kappa shape index (κ3) is 4.24. The molecule has 0 atom stereocenters. The molecule has 8 heteroatoms. The first-order chi connectivity index (χ1) is 13.4. The van der Waals surface area contributed by atoms with E-state index in [-0.39, 0.29) is 0 Å². The van der Waals surface area contributed by atoms with E-state index in [1.54, 1.807) is 29.2 Å². The van der Waals surface area contributed by atoms with Crippen LogP contribution in [0.3, 0.4) is 0 Å². The fourth-order valence-electron chi connectivity index (χ4n) is 3.28. The number of thioether (sulfide) groups is 1. The second kappa shape index (κ2) is 7.85. The van der Waals surface area contributed by atoms with Crippen LogP contribution in [0.2, 0.25) is 0 Å². The van der Waals surface area contributed by atoms with Gasteiger partial charge in [0.2, 0.25) is 0 Å². The Morgan fingerprint density at radius 3 is 2.86 bits per heavy atom. The number of rotatable bonds is 4. The molecule has 0 bridgehead atoms. The van der Waals surface area contributed by atoms with E-state index in [4.69, 9.17) is 0 Å². The number of alkyl halides is 3. The lowest BCUT2D eigenvalue weighted by Gasteiger charge is -2.27. The van der Waals surface area contributed by atoms with Crippen LogP contribution in [0.15, 0.2) is 47.8 Å². The van der Waals surface area contributed by atoms with Crippen molar-refractivity contribution in [3.05, 3.63) is 64.3 Å². The Morgan fingerprint density at radius 1 is 1.21 bits per heavy atom. The summed E-state index contributed by atoms with van der Waals surface area (Å²) in [4.78, 5) is 13.3. The summed E-state index contributed by atoms with van der Waals surface area (Å²) in [5.41, 5.74) is 2.26. The smallest absolute Gasteiger partial charge is 0.293 e. The van der Waals surface area contributed by atoms with Crippen molar-refractivity contribution < 1.29 is 13.2 Å². The van der Waals surface area contributed by atoms with Gasteiger partial charge < -0.3 is 0 Å². The number of thiophene rings is 1. The van der Waals surface area contributed by atoms with E-state index in [2.05, 4.69) is 14.9 Å². The molecule has 0 aliphatic carbocycles. The summed E-state index contributed by atoms with van der Waals surface area (Å²) >= 11 is 3.09. The summed E-state index contributed by atoms with van der Waals surface area (Å²) in [6.07, 6.45) is 0.436. The first kappa shape index (κ1) is 19.4. The highest BCUT2D eigenvalue weighted by Crippen LogP contribution is 2.35. The molecule has 146 valence electrons. The largest absolute Gasteiger partial charge is 0.416 e. The van der Waals surface area contributed by atoms with Gasteiger partial charge in [-0.1, -0.05) is 23.9 Å². The summed E-state index contributed by atoms with van der Waals surface area (Å²) in [6.45, 7) is 2.47. The van der Waals surface area contributed by atoms with Gasteiger partial charge in [-0.05, 0) is 36.1 Å². The van der Waals surface area contributed by atoms with Crippen molar-refractivity contribution in [2.24, 2.45) is 0 Å². The summed E-state index contributed by atoms with van der Waals surface area (Å²) in [5.74, 6) is 0. The molecule has 0 N–H and O–H groups in total. The SMILES string of the molecule is CSc1ncc2c(n1)CCN(Cc1ccc(-c3cccc(C(F)(F)F)c3)s1)C2. The molecule has 0 fully saturated rings. The van der Waals surface area contributed by atoms with Crippen molar-refractivity contribution in [3.8, 4) is 10.4 Å². The minimum Gasteiger partial charge on any atom is -0.293 e. The molecule has 0 unspecified atom stereocenters. The van der Waals surface area contributed by atoms with E-state index in [0.717, 1.165) is 58.3 Å². The van der Waals surface area contributed by atoms with Crippen LogP contribution < -0.4 is 0 Å². The maximum absolute atomic E-state index is 13.0. The molecule has 0 spiro atoms. The van der Waals surface area contributed by atoms with Crippen LogP contribution in [-0.4, -0.2) is 27.7 Å². The van der Waals surface area contributed by atoms with E-state index in [9.17, 15) is 13.2 Å². The first-order valence-electron chi connectivity index (χ1n) is 8.80. The summed E-state index contributed by atoms with van der Waals surface area (Å²) in [5, 5.41) is 0.802.